The number of aromatic nitrogens is 6. The lowest BCUT2D eigenvalue weighted by Crippen LogP contribution is -2.39. The fraction of sp³-hybridized carbons (Fsp3) is 0.458. The average Bonchev–Trinajstić information content (AvgIpc) is 3.46. The largest absolute Gasteiger partial charge is 0.480 e. The third kappa shape index (κ3) is 3.39. The molecule has 170 valence electrons. The molecule has 0 unspecified atom stereocenters. The molecular weight excluding hydrogens is 438 g/mol. The number of rotatable bonds is 3. The number of piperidine rings is 1. The van der Waals surface area contributed by atoms with Crippen LogP contribution in [0.1, 0.15) is 44.2 Å². The maximum atomic E-state index is 6.75. The van der Waals surface area contributed by atoms with Crippen LogP contribution in [-0.2, 0) is 0 Å². The second-order valence-corrected chi connectivity index (χ2v) is 9.68. The molecule has 1 aliphatic heterocycles. The van der Waals surface area contributed by atoms with E-state index >= 15 is 0 Å². The molecule has 2 fully saturated rings. The zero-order chi connectivity index (χ0) is 22.6. The minimum Gasteiger partial charge on any atom is -0.480 e. The number of benzene rings is 1. The van der Waals surface area contributed by atoms with Crippen molar-refractivity contribution in [1.29, 1.82) is 0 Å². The quantitative estimate of drug-likeness (QED) is 0.452. The Morgan fingerprint density at radius 2 is 1.82 bits per heavy atom. The average molecular weight is 464 g/mol. The number of hydrogen-bond donors (Lipinski definition) is 1. The van der Waals surface area contributed by atoms with Crippen LogP contribution < -0.4 is 9.64 Å². The first kappa shape index (κ1) is 20.6. The molecule has 9 heteroatoms. The maximum absolute atomic E-state index is 6.75. The molecule has 1 saturated carbocycles. The number of nitrogens with one attached hydrogen (secondary N) is 1. The molecule has 1 spiro atoms. The number of anilines is 1. The zero-order valence-corrected chi connectivity index (χ0v) is 19.6. The molecule has 0 bridgehead atoms. The molecule has 4 heterocycles. The van der Waals surface area contributed by atoms with Crippen LogP contribution in [0, 0.1) is 12.3 Å². The number of nitrogens with zero attached hydrogens (tertiary/aromatic N) is 6. The number of methoxy groups -OCH3 is 1. The first-order chi connectivity index (χ1) is 16.1. The second-order valence-electron chi connectivity index (χ2n) is 9.30. The number of fused-ring (bicyclic) bond motifs is 2. The van der Waals surface area contributed by atoms with Gasteiger partial charge in [0.25, 0.3) is 0 Å². The molecule has 3 aromatic heterocycles. The van der Waals surface area contributed by atoms with Crippen molar-refractivity contribution in [2.45, 2.75) is 45.4 Å². The summed E-state index contributed by atoms with van der Waals surface area (Å²) in [6.07, 6.45) is 9.62. The Morgan fingerprint density at radius 1 is 1.03 bits per heavy atom. The van der Waals surface area contributed by atoms with Crippen molar-refractivity contribution >= 4 is 39.6 Å². The van der Waals surface area contributed by atoms with Crippen LogP contribution in [-0.4, -0.2) is 50.3 Å². The monoisotopic (exact) mass is 463 g/mol. The Balaban J connectivity index is 1.36. The third-order valence-electron chi connectivity index (χ3n) is 7.43. The molecule has 1 N–H and O–H groups in total. The Hall–Kier alpha value is -3.00. The standard InChI is InChI=1S/C24H26ClN7O/c1-14-23(32-11-9-24(10-12-32)7-3-4-8-24)29-22-21(27-14)19(30-31-22)15-5-6-16-20(18(15)25)28-17(33-2)13-26-16/h5-6,13H,3-4,7-12H2,1-2H3,(H,29,30,31). The van der Waals surface area contributed by atoms with Crippen LogP contribution in [0.15, 0.2) is 18.3 Å². The Morgan fingerprint density at radius 3 is 2.58 bits per heavy atom. The van der Waals surface area contributed by atoms with E-state index in [-0.39, 0.29) is 0 Å². The van der Waals surface area contributed by atoms with Crippen LogP contribution in [0.5, 0.6) is 5.88 Å². The first-order valence-electron chi connectivity index (χ1n) is 11.5. The van der Waals surface area contributed by atoms with E-state index in [1.54, 1.807) is 13.3 Å². The molecule has 2 aliphatic rings. The zero-order valence-electron chi connectivity index (χ0n) is 18.9. The van der Waals surface area contributed by atoms with Crippen molar-refractivity contribution in [3.63, 3.8) is 0 Å². The van der Waals surface area contributed by atoms with Crippen molar-refractivity contribution in [2.75, 3.05) is 25.1 Å². The van der Waals surface area contributed by atoms with Crippen molar-refractivity contribution in [3.05, 3.63) is 29.0 Å². The smallest absolute Gasteiger partial charge is 0.232 e. The molecule has 4 aromatic rings. The van der Waals surface area contributed by atoms with Gasteiger partial charge in [-0.05, 0) is 50.2 Å². The van der Waals surface area contributed by atoms with Gasteiger partial charge in [-0.1, -0.05) is 24.4 Å². The topological polar surface area (TPSA) is 92.7 Å². The molecular formula is C24H26ClN7O. The van der Waals surface area contributed by atoms with Crippen LogP contribution >= 0.6 is 11.6 Å². The van der Waals surface area contributed by atoms with Crippen LogP contribution in [0.25, 0.3) is 33.5 Å². The molecule has 33 heavy (non-hydrogen) atoms. The van der Waals surface area contributed by atoms with Gasteiger partial charge in [-0.3, -0.25) is 5.10 Å². The van der Waals surface area contributed by atoms with Crippen molar-refractivity contribution in [2.24, 2.45) is 5.41 Å². The Bertz CT molecular complexity index is 1350. The van der Waals surface area contributed by atoms with E-state index in [1.165, 1.54) is 38.5 Å². The lowest BCUT2D eigenvalue weighted by Gasteiger charge is -2.40. The maximum Gasteiger partial charge on any atom is 0.232 e. The van der Waals surface area contributed by atoms with Crippen molar-refractivity contribution < 1.29 is 4.74 Å². The lowest BCUT2D eigenvalue weighted by atomic mass is 9.77. The fourth-order valence-electron chi connectivity index (χ4n) is 5.53. The summed E-state index contributed by atoms with van der Waals surface area (Å²) in [5, 5.41) is 8.07. The van der Waals surface area contributed by atoms with Crippen molar-refractivity contribution in [3.8, 4) is 17.1 Å². The van der Waals surface area contributed by atoms with E-state index in [9.17, 15) is 0 Å². The number of aromatic amines is 1. The Labute approximate surface area is 196 Å². The molecule has 1 saturated heterocycles. The molecule has 8 nitrogen and oxygen atoms in total. The highest BCUT2D eigenvalue weighted by atomic mass is 35.5. The number of H-pyrrole nitrogens is 1. The van der Waals surface area contributed by atoms with Gasteiger partial charge in [0, 0.05) is 18.7 Å². The molecule has 0 atom stereocenters. The van der Waals surface area contributed by atoms with Gasteiger partial charge < -0.3 is 9.64 Å². The number of aryl methyl sites for hydroxylation is 1. The summed E-state index contributed by atoms with van der Waals surface area (Å²) in [5.74, 6) is 1.36. The molecule has 0 radical (unpaired) electrons. The summed E-state index contributed by atoms with van der Waals surface area (Å²) in [6.45, 7) is 4.11. The molecule has 6 rings (SSSR count). The Kier molecular flexibility index (Phi) is 4.87. The second kappa shape index (κ2) is 7.80. The van der Waals surface area contributed by atoms with Gasteiger partial charge in [-0.25, -0.2) is 19.9 Å². The van der Waals surface area contributed by atoms with Crippen LogP contribution in [0.4, 0.5) is 5.82 Å². The predicted molar refractivity (Wildman–Crippen MR) is 129 cm³/mol. The summed E-state index contributed by atoms with van der Waals surface area (Å²) < 4.78 is 5.21. The first-order valence-corrected chi connectivity index (χ1v) is 11.9. The molecule has 0 amide bonds. The van der Waals surface area contributed by atoms with Crippen molar-refractivity contribution in [1.82, 2.24) is 30.1 Å². The van der Waals surface area contributed by atoms with E-state index < -0.39 is 0 Å². The predicted octanol–water partition coefficient (Wildman–Crippen LogP) is 5.09. The highest BCUT2D eigenvalue weighted by Gasteiger charge is 2.37. The number of hydrogen-bond acceptors (Lipinski definition) is 7. The summed E-state index contributed by atoms with van der Waals surface area (Å²) in [4.78, 5) is 21.1. The van der Waals surface area contributed by atoms with Crippen LogP contribution in [0.3, 0.4) is 0 Å². The van der Waals surface area contributed by atoms with Crippen LogP contribution in [0.2, 0.25) is 5.02 Å². The fourth-order valence-corrected chi connectivity index (χ4v) is 5.82. The van der Waals surface area contributed by atoms with Gasteiger partial charge in [0.05, 0.1) is 29.5 Å². The van der Waals surface area contributed by atoms with E-state index in [2.05, 4.69) is 25.1 Å². The third-order valence-corrected chi connectivity index (χ3v) is 7.81. The van der Waals surface area contributed by atoms with Gasteiger partial charge in [-0.15, -0.1) is 0 Å². The molecule has 1 aromatic carbocycles. The highest BCUT2D eigenvalue weighted by molar-refractivity contribution is 6.38. The minimum absolute atomic E-state index is 0.412. The van der Waals surface area contributed by atoms with Gasteiger partial charge in [0.1, 0.15) is 16.7 Å². The van der Waals surface area contributed by atoms with Gasteiger partial charge in [-0.2, -0.15) is 5.10 Å². The van der Waals surface area contributed by atoms with E-state index in [0.29, 0.717) is 44.2 Å². The van der Waals surface area contributed by atoms with Gasteiger partial charge in [0.2, 0.25) is 5.88 Å². The summed E-state index contributed by atoms with van der Waals surface area (Å²) in [6, 6.07) is 3.78. The van der Waals surface area contributed by atoms with Gasteiger partial charge >= 0.3 is 0 Å². The highest BCUT2D eigenvalue weighted by Crippen LogP contribution is 2.46. The van der Waals surface area contributed by atoms with E-state index in [4.69, 9.17) is 26.3 Å². The molecule has 1 aliphatic carbocycles. The summed E-state index contributed by atoms with van der Waals surface area (Å²) >= 11 is 6.75. The van der Waals surface area contributed by atoms with E-state index in [1.807, 2.05) is 19.1 Å². The summed E-state index contributed by atoms with van der Waals surface area (Å²) in [7, 11) is 1.56. The van der Waals surface area contributed by atoms with E-state index in [0.717, 1.165) is 30.2 Å². The summed E-state index contributed by atoms with van der Waals surface area (Å²) in [5.41, 5.74) is 5.51. The lowest BCUT2D eigenvalue weighted by molar-refractivity contribution is 0.226. The SMILES string of the molecule is COc1cnc2ccc(-c3n[nH]c4nc(N5CCC6(CCCC6)CC5)c(C)nc34)c(Cl)c2n1. The number of ether oxygens (including phenoxy) is 1. The van der Waals surface area contributed by atoms with Gasteiger partial charge in [0.15, 0.2) is 11.5 Å². The minimum atomic E-state index is 0.412. The number of halogens is 1. The normalized spacial score (nSPS) is 18.0.